The van der Waals surface area contributed by atoms with E-state index in [0.717, 1.165) is 16.9 Å². The van der Waals surface area contributed by atoms with E-state index in [1.807, 2.05) is 24.3 Å². The zero-order valence-electron chi connectivity index (χ0n) is 12.2. The van der Waals surface area contributed by atoms with E-state index in [-0.39, 0.29) is 5.91 Å². The van der Waals surface area contributed by atoms with Crippen molar-refractivity contribution in [2.75, 3.05) is 10.6 Å². The lowest BCUT2D eigenvalue weighted by molar-refractivity contribution is -0.113. The number of thiazole rings is 1. The van der Waals surface area contributed by atoms with Crippen LogP contribution in [0.5, 0.6) is 0 Å². The molecule has 2 aromatic rings. The van der Waals surface area contributed by atoms with Crippen molar-refractivity contribution in [3.05, 3.63) is 54.6 Å². The van der Waals surface area contributed by atoms with Crippen molar-refractivity contribution in [3.63, 3.8) is 0 Å². The van der Waals surface area contributed by atoms with Gasteiger partial charge in [0, 0.05) is 22.3 Å². The Morgan fingerprint density at radius 2 is 2.00 bits per heavy atom. The number of carbonyl (C=O) groups excluding carboxylic acids is 1. The van der Waals surface area contributed by atoms with Gasteiger partial charge in [-0.25, -0.2) is 4.98 Å². The minimum absolute atomic E-state index is 0.209. The van der Waals surface area contributed by atoms with Crippen LogP contribution >= 0.6 is 11.3 Å². The highest BCUT2D eigenvalue weighted by Crippen LogP contribution is 2.47. The van der Waals surface area contributed by atoms with Crippen LogP contribution in [0.25, 0.3) is 11.3 Å². The summed E-state index contributed by atoms with van der Waals surface area (Å²) in [5, 5.41) is 0.607. The Balaban J connectivity index is 1.93. The number of hydrogen-bond donors (Lipinski definition) is 1. The number of benzene rings is 1. The summed E-state index contributed by atoms with van der Waals surface area (Å²) >= 11 is 1.58. The molecule has 1 aliphatic rings. The second-order valence-corrected chi connectivity index (χ2v) is 6.24. The van der Waals surface area contributed by atoms with E-state index in [1.54, 1.807) is 11.3 Å². The zero-order chi connectivity index (χ0) is 15.7. The third kappa shape index (κ3) is 2.67. The third-order valence-electron chi connectivity index (χ3n) is 3.63. The maximum absolute atomic E-state index is 11.8. The van der Waals surface area contributed by atoms with E-state index < -0.39 is 0 Å². The quantitative estimate of drug-likeness (QED) is 0.851. The van der Waals surface area contributed by atoms with Crippen molar-refractivity contribution in [2.24, 2.45) is 0 Å². The van der Waals surface area contributed by atoms with Crippen molar-refractivity contribution in [1.82, 2.24) is 4.98 Å². The largest absolute Gasteiger partial charge is 0.375 e. The number of carbonyl (C=O) groups is 1. The molecule has 0 bridgehead atoms. The molecule has 1 saturated carbocycles. The average Bonchev–Trinajstić information content (AvgIpc) is 3.31. The predicted molar refractivity (Wildman–Crippen MR) is 91.8 cm³/mol. The molecule has 112 valence electrons. The Bertz CT molecular complexity index is 729. The van der Waals surface area contributed by atoms with E-state index >= 15 is 0 Å². The number of nitrogens with two attached hydrogens (primary N) is 1. The normalized spacial score (nSPS) is 13.6. The first-order chi connectivity index (χ1) is 10.6. The van der Waals surface area contributed by atoms with Gasteiger partial charge in [-0.3, -0.25) is 9.69 Å². The molecule has 1 aliphatic carbocycles. The SMILES string of the molecule is C=CC(=O)N(C=C)c1ccc(-c2nc(N)sc2C2CC2)cc1. The molecular weight excluding hydrogens is 294 g/mol. The van der Waals surface area contributed by atoms with Gasteiger partial charge in [-0.1, -0.05) is 25.3 Å². The zero-order valence-corrected chi connectivity index (χ0v) is 13.0. The second-order valence-electron chi connectivity index (χ2n) is 5.18. The summed E-state index contributed by atoms with van der Waals surface area (Å²) in [4.78, 5) is 19.0. The predicted octanol–water partition coefficient (Wildman–Crippen LogP) is 3.93. The van der Waals surface area contributed by atoms with Gasteiger partial charge in [0.05, 0.1) is 5.69 Å². The Labute approximate surface area is 133 Å². The van der Waals surface area contributed by atoms with Crippen LogP contribution in [-0.4, -0.2) is 10.9 Å². The summed E-state index contributed by atoms with van der Waals surface area (Å²) in [6, 6.07) is 7.68. The molecule has 2 N–H and O–H groups in total. The number of hydrogen-bond acceptors (Lipinski definition) is 4. The lowest BCUT2D eigenvalue weighted by Gasteiger charge is -2.16. The highest BCUT2D eigenvalue weighted by molar-refractivity contribution is 7.16. The smallest absolute Gasteiger partial charge is 0.254 e. The summed E-state index contributed by atoms with van der Waals surface area (Å²) in [6.07, 6.45) is 5.17. The highest BCUT2D eigenvalue weighted by atomic mass is 32.1. The third-order valence-corrected chi connectivity index (χ3v) is 4.68. The molecule has 3 rings (SSSR count). The maximum atomic E-state index is 11.8. The van der Waals surface area contributed by atoms with Crippen molar-refractivity contribution < 1.29 is 4.79 Å². The first kappa shape index (κ1) is 14.5. The molecule has 1 aromatic heterocycles. The molecule has 0 saturated heterocycles. The number of aromatic nitrogens is 1. The lowest BCUT2D eigenvalue weighted by atomic mass is 10.1. The Hall–Kier alpha value is -2.40. The van der Waals surface area contributed by atoms with Gasteiger partial charge in [-0.2, -0.15) is 0 Å². The summed E-state index contributed by atoms with van der Waals surface area (Å²) in [5.41, 5.74) is 8.61. The van der Waals surface area contributed by atoms with Crippen LogP contribution in [0.15, 0.2) is 49.7 Å². The molecule has 0 unspecified atom stereocenters. The molecule has 1 aromatic carbocycles. The lowest BCUT2D eigenvalue weighted by Crippen LogP contribution is -2.22. The van der Waals surface area contributed by atoms with Crippen LogP contribution in [0, 0.1) is 0 Å². The second kappa shape index (κ2) is 5.77. The molecule has 1 amide bonds. The Morgan fingerprint density at radius 1 is 1.32 bits per heavy atom. The minimum Gasteiger partial charge on any atom is -0.375 e. The van der Waals surface area contributed by atoms with Crippen molar-refractivity contribution >= 4 is 28.1 Å². The number of anilines is 2. The standard InChI is InChI=1S/C17H17N3OS/c1-3-14(21)20(4-2)13-9-7-11(8-10-13)15-16(12-5-6-12)22-17(18)19-15/h3-4,7-10,12H,1-2,5-6H2,(H2,18,19). The van der Waals surface area contributed by atoms with Gasteiger partial charge in [-0.15, -0.1) is 11.3 Å². The molecule has 0 spiro atoms. The topological polar surface area (TPSA) is 59.2 Å². The van der Waals surface area contributed by atoms with Crippen LogP contribution in [-0.2, 0) is 4.79 Å². The van der Waals surface area contributed by atoms with Crippen LogP contribution < -0.4 is 10.6 Å². The summed E-state index contributed by atoms with van der Waals surface area (Å²) in [7, 11) is 0. The van der Waals surface area contributed by atoms with Crippen molar-refractivity contribution in [3.8, 4) is 11.3 Å². The summed E-state index contributed by atoms with van der Waals surface area (Å²) < 4.78 is 0. The molecule has 1 fully saturated rings. The number of rotatable bonds is 5. The van der Waals surface area contributed by atoms with Gasteiger partial charge in [0.2, 0.25) is 0 Å². The summed E-state index contributed by atoms with van der Waals surface area (Å²) in [5.74, 6) is 0.399. The van der Waals surface area contributed by atoms with Crippen LogP contribution in [0.1, 0.15) is 23.6 Å². The van der Waals surface area contributed by atoms with Crippen LogP contribution in [0.4, 0.5) is 10.8 Å². The van der Waals surface area contributed by atoms with E-state index in [1.165, 1.54) is 34.9 Å². The fourth-order valence-electron chi connectivity index (χ4n) is 2.38. The van der Waals surface area contributed by atoms with Gasteiger partial charge in [0.25, 0.3) is 5.91 Å². The van der Waals surface area contributed by atoms with Crippen molar-refractivity contribution in [1.29, 1.82) is 0 Å². The van der Waals surface area contributed by atoms with E-state index in [2.05, 4.69) is 18.1 Å². The highest BCUT2D eigenvalue weighted by Gasteiger charge is 2.29. The fraction of sp³-hybridized carbons (Fsp3) is 0.176. The van der Waals surface area contributed by atoms with E-state index in [4.69, 9.17) is 5.73 Å². The van der Waals surface area contributed by atoms with Gasteiger partial charge in [-0.05, 0) is 37.0 Å². The number of amides is 1. The molecule has 0 atom stereocenters. The van der Waals surface area contributed by atoms with Crippen LogP contribution in [0.2, 0.25) is 0 Å². The molecule has 0 radical (unpaired) electrons. The monoisotopic (exact) mass is 311 g/mol. The van der Waals surface area contributed by atoms with E-state index in [0.29, 0.717) is 11.0 Å². The van der Waals surface area contributed by atoms with E-state index in [9.17, 15) is 4.79 Å². The van der Waals surface area contributed by atoms with Gasteiger partial charge in [0.1, 0.15) is 0 Å². The van der Waals surface area contributed by atoms with Gasteiger partial charge < -0.3 is 5.73 Å². The molecular formula is C17H17N3OS. The summed E-state index contributed by atoms with van der Waals surface area (Å²) in [6.45, 7) is 7.17. The fourth-order valence-corrected chi connectivity index (χ4v) is 3.40. The maximum Gasteiger partial charge on any atom is 0.254 e. The average molecular weight is 311 g/mol. The Kier molecular flexibility index (Phi) is 3.81. The van der Waals surface area contributed by atoms with Crippen LogP contribution in [0.3, 0.4) is 0 Å². The minimum atomic E-state index is -0.209. The van der Waals surface area contributed by atoms with Gasteiger partial charge in [0.15, 0.2) is 5.13 Å². The number of nitrogens with zero attached hydrogens (tertiary/aromatic N) is 2. The molecule has 1 heterocycles. The molecule has 4 nitrogen and oxygen atoms in total. The van der Waals surface area contributed by atoms with Gasteiger partial charge >= 0.3 is 0 Å². The first-order valence-electron chi connectivity index (χ1n) is 7.09. The Morgan fingerprint density at radius 3 is 2.55 bits per heavy atom. The first-order valence-corrected chi connectivity index (χ1v) is 7.90. The molecule has 5 heteroatoms. The molecule has 22 heavy (non-hydrogen) atoms. The number of nitrogen functional groups attached to an aromatic ring is 1. The molecule has 0 aliphatic heterocycles. The van der Waals surface area contributed by atoms with Crippen molar-refractivity contribution in [2.45, 2.75) is 18.8 Å².